The molecule has 0 spiro atoms. The summed E-state index contributed by atoms with van der Waals surface area (Å²) < 4.78 is 0. The van der Waals surface area contributed by atoms with Crippen molar-refractivity contribution in [1.29, 1.82) is 0 Å². The van der Waals surface area contributed by atoms with Crippen molar-refractivity contribution in [2.75, 3.05) is 40.0 Å². The zero-order valence-corrected chi connectivity index (χ0v) is 33.9. The smallest absolute Gasteiger partial charge is 0.0735 e. The second kappa shape index (κ2) is 61.6. The molecule has 392 valence electrons. The van der Waals surface area contributed by atoms with Gasteiger partial charge in [-0.15, -0.1) is 0 Å². The van der Waals surface area contributed by atoms with E-state index in [-0.39, 0.29) is 0 Å². The highest BCUT2D eigenvalue weighted by molar-refractivity contribution is 4.36. The lowest BCUT2D eigenvalue weighted by atomic mass is 11.0. The van der Waals surface area contributed by atoms with Gasteiger partial charge in [0, 0.05) is 0 Å². The van der Waals surface area contributed by atoms with Crippen molar-refractivity contribution >= 4 is 0 Å². The largest absolute Gasteiger partial charge is 0.290 e. The third-order valence-electron chi connectivity index (χ3n) is 4.54. The molecule has 0 aliphatic carbocycles. The van der Waals surface area contributed by atoms with Gasteiger partial charge in [0.25, 0.3) is 0 Å². The lowest BCUT2D eigenvalue weighted by Gasteiger charge is -2.16. The summed E-state index contributed by atoms with van der Waals surface area (Å²) in [5.74, 6) is 10.0. The predicted octanol–water partition coefficient (Wildman–Crippen LogP) is -29.2. The summed E-state index contributed by atoms with van der Waals surface area (Å²) in [6, 6.07) is 0. The molecule has 0 heterocycles. The Bertz CT molecular complexity index is 720. The van der Waals surface area contributed by atoms with E-state index in [1.807, 2.05) is 0 Å². The topological polar surface area (TPSA) is 738 Å². The van der Waals surface area contributed by atoms with Crippen molar-refractivity contribution < 1.29 is 0 Å². The Morgan fingerprint density at radius 2 is 0.323 bits per heavy atom. The summed E-state index contributed by atoms with van der Waals surface area (Å²) in [5, 5.41) is 3.00. The van der Waals surface area contributed by atoms with Gasteiger partial charge in [-0.2, -0.15) is 255 Å². The molecule has 0 aliphatic rings. The maximum absolute atomic E-state index is 5.09. The molecule has 0 radical (unpaired) electrons. The Morgan fingerprint density at radius 1 is 0.154 bits per heavy atom. The Balaban J connectivity index is 3.06. The van der Waals surface area contributed by atoms with Gasteiger partial charge in [0.1, 0.15) is 0 Å². The van der Waals surface area contributed by atoms with Gasteiger partial charge in [0.2, 0.25) is 0 Å². The molecule has 59 heteroatoms. The SMILES string of the molecule is NNCNNCNNNNNNNNNNNNNNNNCNCNNNNNNNNNNNNNNNNNNNNCNNCNNNNNNNNNNNNNNNN. The molecule has 0 rings (SSSR count). The fourth-order valence-electron chi connectivity index (χ4n) is 2.32. The van der Waals surface area contributed by atoms with Crippen molar-refractivity contribution in [3.63, 3.8) is 0 Å². The minimum Gasteiger partial charge on any atom is -0.290 e. The molecule has 0 aliphatic heterocycles. The van der Waals surface area contributed by atoms with E-state index in [1.54, 1.807) is 0 Å². The molecular formula is C6H73N59. The number of nitrogens with one attached hydrogen (secondary N) is 57. The van der Waals surface area contributed by atoms with Gasteiger partial charge < -0.3 is 0 Å². The van der Waals surface area contributed by atoms with Crippen LogP contribution in [0.1, 0.15) is 0 Å². The summed E-state index contributed by atoms with van der Waals surface area (Å²) in [4.78, 5) is 0. The van der Waals surface area contributed by atoms with Crippen LogP contribution in [-0.2, 0) is 0 Å². The van der Waals surface area contributed by atoms with Crippen LogP contribution in [0.15, 0.2) is 0 Å². The molecule has 0 aromatic carbocycles. The van der Waals surface area contributed by atoms with E-state index in [2.05, 4.69) is 314 Å². The normalized spacial score (nSPS) is 11.7. The van der Waals surface area contributed by atoms with E-state index in [9.17, 15) is 0 Å². The Labute approximate surface area is 366 Å². The van der Waals surface area contributed by atoms with Crippen molar-refractivity contribution in [1.82, 2.24) is 314 Å². The molecule has 65 heavy (non-hydrogen) atoms. The third kappa shape index (κ3) is 61.6. The maximum Gasteiger partial charge on any atom is 0.0735 e. The quantitative estimate of drug-likeness (QED) is 0.0116. The molecule has 0 unspecified atom stereocenters. The van der Waals surface area contributed by atoms with Crippen molar-refractivity contribution in [3.8, 4) is 0 Å². The summed E-state index contributed by atoms with van der Waals surface area (Å²) in [6.45, 7) is 2.29. The molecule has 0 aromatic heterocycles. The highest BCUT2D eigenvalue weighted by Crippen LogP contribution is 1.45. The Morgan fingerprint density at radius 3 is 0.523 bits per heavy atom. The van der Waals surface area contributed by atoms with E-state index in [4.69, 9.17) is 11.7 Å². The van der Waals surface area contributed by atoms with Crippen molar-refractivity contribution in [2.45, 2.75) is 0 Å². The summed E-state index contributed by atoms with van der Waals surface area (Å²) >= 11 is 0. The number of nitrogens with two attached hydrogens (primary N) is 2. The van der Waals surface area contributed by atoms with Gasteiger partial charge in [-0.3, -0.25) is 17.0 Å². The van der Waals surface area contributed by atoms with Gasteiger partial charge in [-0.25, -0.2) is 54.3 Å². The minimum absolute atomic E-state index is 0.343. The fourth-order valence-corrected chi connectivity index (χ4v) is 2.32. The average molecular weight is 972 g/mol. The van der Waals surface area contributed by atoms with E-state index < -0.39 is 0 Å². The Hall–Kier alpha value is -2.36. The number of rotatable bonds is 62. The molecule has 59 nitrogen and oxygen atoms in total. The second-order valence-electron chi connectivity index (χ2n) is 8.88. The standard InChI is InChI=1S/C6H73N59/c7-10-3-11-12-4-17-23-29-35-41-48-54-59-58-51-45-39-33-27-21-15-1-9-2-16-22-28-34-40-46-52-60-62-64-65-63-61-55-49-43-37-31-25-19-6-14-13-5-18-24-30-36-42-47-53-57-56-50-44-38-32-26-20-8/h9-65H,1-8H2. The molecule has 0 atom stereocenters. The monoisotopic (exact) mass is 972 g/mol. The van der Waals surface area contributed by atoms with Crippen LogP contribution in [0.25, 0.3) is 0 Å². The van der Waals surface area contributed by atoms with Crippen molar-refractivity contribution in [2.24, 2.45) is 11.7 Å². The van der Waals surface area contributed by atoms with Crippen LogP contribution in [0.3, 0.4) is 0 Å². The summed E-state index contributed by atoms with van der Waals surface area (Å²) in [6.07, 6.45) is 0. The lowest BCUT2D eigenvalue weighted by Crippen LogP contribution is -2.69. The molecule has 0 saturated heterocycles. The molecule has 0 aromatic rings. The van der Waals surface area contributed by atoms with Crippen LogP contribution < -0.4 is 326 Å². The van der Waals surface area contributed by atoms with E-state index in [0.29, 0.717) is 40.0 Å². The first kappa shape index (κ1) is 62.6. The Kier molecular flexibility index (Phi) is 59.4. The molecular weight excluding hydrogens is 898 g/mol. The van der Waals surface area contributed by atoms with Crippen LogP contribution in [0.2, 0.25) is 0 Å². The summed E-state index contributed by atoms with van der Waals surface area (Å²) in [7, 11) is 0. The first-order valence-electron chi connectivity index (χ1n) is 17.3. The molecule has 0 fully saturated rings. The van der Waals surface area contributed by atoms with Crippen LogP contribution in [-0.4, -0.2) is 40.0 Å². The first-order chi connectivity index (χ1) is 32.4. The van der Waals surface area contributed by atoms with Crippen LogP contribution in [0.5, 0.6) is 0 Å². The number of hydrogen-bond donors (Lipinski definition) is 59. The lowest BCUT2D eigenvalue weighted by molar-refractivity contribution is 0.192. The van der Waals surface area contributed by atoms with Gasteiger partial charge >= 0.3 is 0 Å². The highest BCUT2D eigenvalue weighted by Gasteiger charge is 1.90. The van der Waals surface area contributed by atoms with Gasteiger partial charge in [-0.05, 0) is 0 Å². The molecule has 0 bridgehead atoms. The zero-order valence-electron chi connectivity index (χ0n) is 33.9. The van der Waals surface area contributed by atoms with E-state index >= 15 is 0 Å². The highest BCUT2D eigenvalue weighted by atomic mass is 16.0. The van der Waals surface area contributed by atoms with Gasteiger partial charge in [-0.1, -0.05) is 0 Å². The average Bonchev–Trinajstić information content (AvgIpc) is 3.32. The zero-order chi connectivity index (χ0) is 46.5. The second-order valence-corrected chi connectivity index (χ2v) is 8.88. The van der Waals surface area contributed by atoms with E-state index in [1.165, 1.54) is 0 Å². The number of hydrogen-bond acceptors (Lipinski definition) is 59. The third-order valence-corrected chi connectivity index (χ3v) is 4.54. The summed E-state index contributed by atoms with van der Waals surface area (Å²) in [5.41, 5.74) is 144. The molecule has 0 amide bonds. The molecule has 0 saturated carbocycles. The predicted molar refractivity (Wildman–Crippen MR) is 216 cm³/mol. The molecule has 61 N–H and O–H groups in total. The number of hydrazine groups is 52. The fraction of sp³-hybridized carbons (Fsp3) is 1.00. The van der Waals surface area contributed by atoms with E-state index in [0.717, 1.165) is 0 Å². The minimum atomic E-state index is 0.343. The van der Waals surface area contributed by atoms with Crippen LogP contribution >= 0.6 is 0 Å². The van der Waals surface area contributed by atoms with Crippen molar-refractivity contribution in [3.05, 3.63) is 0 Å². The van der Waals surface area contributed by atoms with Crippen LogP contribution in [0, 0.1) is 0 Å². The maximum atomic E-state index is 5.09. The van der Waals surface area contributed by atoms with Crippen LogP contribution in [0.4, 0.5) is 0 Å². The van der Waals surface area contributed by atoms with Gasteiger partial charge in [0.15, 0.2) is 0 Å². The first-order valence-corrected chi connectivity index (χ1v) is 17.3. The van der Waals surface area contributed by atoms with Gasteiger partial charge in [0.05, 0.1) is 40.0 Å².